The maximum atomic E-state index is 13.3. The molecule has 0 saturated carbocycles. The number of aliphatic carboxylic acids is 1. The summed E-state index contributed by atoms with van der Waals surface area (Å²) >= 11 is 0. The van der Waals surface area contributed by atoms with Crippen molar-refractivity contribution in [3.05, 3.63) is 65.2 Å². The van der Waals surface area contributed by atoms with E-state index in [2.05, 4.69) is 0 Å². The van der Waals surface area contributed by atoms with Gasteiger partial charge in [-0.15, -0.1) is 0 Å². The summed E-state index contributed by atoms with van der Waals surface area (Å²) < 4.78 is 45.5. The van der Waals surface area contributed by atoms with Crippen molar-refractivity contribution >= 4 is 5.97 Å². The molecule has 1 saturated heterocycles. The van der Waals surface area contributed by atoms with Crippen molar-refractivity contribution in [3.63, 3.8) is 0 Å². The Hall–Kier alpha value is -2.54. The van der Waals surface area contributed by atoms with E-state index in [-0.39, 0.29) is 0 Å². The molecule has 28 heavy (non-hydrogen) atoms. The molecule has 2 atom stereocenters. The van der Waals surface area contributed by atoms with Gasteiger partial charge < -0.3 is 9.84 Å². The van der Waals surface area contributed by atoms with Gasteiger partial charge in [0.05, 0.1) is 18.2 Å². The molecule has 2 aromatic rings. The van der Waals surface area contributed by atoms with Crippen LogP contribution in [0.2, 0.25) is 0 Å². The number of halogens is 3. The average Bonchev–Trinajstić information content (AvgIpc) is 3.13. The van der Waals surface area contributed by atoms with Gasteiger partial charge in [0.2, 0.25) is 0 Å². The third-order valence-electron chi connectivity index (χ3n) is 4.95. The maximum Gasteiger partial charge on any atom is 0.416 e. The molecule has 0 aromatic heterocycles. The van der Waals surface area contributed by atoms with E-state index in [1.807, 2.05) is 6.92 Å². The van der Waals surface area contributed by atoms with Gasteiger partial charge in [-0.2, -0.15) is 13.2 Å². The summed E-state index contributed by atoms with van der Waals surface area (Å²) in [6, 6.07) is 10.8. The summed E-state index contributed by atoms with van der Waals surface area (Å²) in [5.41, 5.74) is 0.307. The van der Waals surface area contributed by atoms with Crippen LogP contribution in [0.15, 0.2) is 48.5 Å². The number of benzene rings is 2. The zero-order valence-electron chi connectivity index (χ0n) is 15.4. The smallest absolute Gasteiger partial charge is 0.416 e. The van der Waals surface area contributed by atoms with Crippen LogP contribution in [0.4, 0.5) is 13.2 Å². The molecule has 3 rings (SSSR count). The van der Waals surface area contributed by atoms with Crippen molar-refractivity contribution in [2.45, 2.75) is 38.0 Å². The van der Waals surface area contributed by atoms with Crippen molar-refractivity contribution < 1.29 is 27.8 Å². The minimum Gasteiger partial charge on any atom is -0.494 e. The third kappa shape index (κ3) is 4.14. The number of ether oxygens (including phenoxy) is 1. The van der Waals surface area contributed by atoms with Gasteiger partial charge in [-0.05, 0) is 43.5 Å². The van der Waals surface area contributed by atoms with Crippen LogP contribution >= 0.6 is 0 Å². The summed E-state index contributed by atoms with van der Waals surface area (Å²) in [4.78, 5) is 13.5. The lowest BCUT2D eigenvalue weighted by molar-refractivity contribution is -0.143. The largest absolute Gasteiger partial charge is 0.494 e. The number of hydrogen-bond acceptors (Lipinski definition) is 3. The number of carbonyl (C=O) groups is 1. The highest BCUT2D eigenvalue weighted by atomic mass is 19.4. The lowest BCUT2D eigenvalue weighted by Crippen LogP contribution is -2.39. The lowest BCUT2D eigenvalue weighted by Gasteiger charge is -2.33. The highest BCUT2D eigenvalue weighted by Crippen LogP contribution is 2.40. The molecule has 1 aliphatic heterocycles. The molecule has 4 nitrogen and oxygen atoms in total. The topological polar surface area (TPSA) is 49.8 Å². The van der Waals surface area contributed by atoms with E-state index < -0.39 is 29.8 Å². The van der Waals surface area contributed by atoms with Crippen molar-refractivity contribution in [1.29, 1.82) is 0 Å². The van der Waals surface area contributed by atoms with Crippen LogP contribution in [0.1, 0.15) is 42.5 Å². The second-order valence-corrected chi connectivity index (χ2v) is 6.73. The van der Waals surface area contributed by atoms with Crippen LogP contribution in [0.5, 0.6) is 5.75 Å². The van der Waals surface area contributed by atoms with E-state index in [9.17, 15) is 23.1 Å². The second kappa shape index (κ2) is 8.22. The molecule has 7 heteroatoms. The zero-order chi connectivity index (χ0) is 20.3. The van der Waals surface area contributed by atoms with Gasteiger partial charge >= 0.3 is 12.1 Å². The molecule has 0 aliphatic carbocycles. The molecule has 1 aliphatic rings. The molecule has 0 spiro atoms. The first-order chi connectivity index (χ1) is 13.3. The summed E-state index contributed by atoms with van der Waals surface area (Å²) in [6.45, 7) is 2.71. The average molecular weight is 393 g/mol. The zero-order valence-corrected chi connectivity index (χ0v) is 15.4. The van der Waals surface area contributed by atoms with E-state index in [1.165, 1.54) is 6.07 Å². The first kappa shape index (κ1) is 20.2. The molecule has 2 unspecified atom stereocenters. The van der Waals surface area contributed by atoms with E-state index >= 15 is 0 Å². The summed E-state index contributed by atoms with van der Waals surface area (Å²) in [7, 11) is 0. The van der Waals surface area contributed by atoms with E-state index in [0.717, 1.165) is 12.1 Å². The van der Waals surface area contributed by atoms with Crippen LogP contribution in [-0.2, 0) is 11.0 Å². The molecule has 0 radical (unpaired) electrons. The van der Waals surface area contributed by atoms with Gasteiger partial charge in [-0.1, -0.05) is 30.3 Å². The summed E-state index contributed by atoms with van der Waals surface area (Å²) in [5.74, 6) is -0.424. The Labute approximate surface area is 161 Å². The van der Waals surface area contributed by atoms with Crippen LogP contribution in [0.25, 0.3) is 0 Å². The van der Waals surface area contributed by atoms with Crippen LogP contribution in [0, 0.1) is 0 Å². The van der Waals surface area contributed by atoms with Crippen LogP contribution in [0.3, 0.4) is 0 Å². The van der Waals surface area contributed by atoms with Crippen LogP contribution < -0.4 is 4.74 Å². The number of hydrogen-bond donors (Lipinski definition) is 1. The number of carboxylic acids is 1. The van der Waals surface area contributed by atoms with E-state index in [1.54, 1.807) is 35.2 Å². The quantitative estimate of drug-likeness (QED) is 0.770. The number of carboxylic acid groups (broad SMARTS) is 1. The Morgan fingerprint density at radius 3 is 2.68 bits per heavy atom. The fourth-order valence-electron chi connectivity index (χ4n) is 3.79. The molecule has 0 amide bonds. The highest BCUT2D eigenvalue weighted by molar-refractivity contribution is 5.74. The standard InChI is InChI=1S/C21H22F3NO3/c1-2-28-18-11-4-3-9-16(18)19(25-12-6-10-17(25)20(26)27)14-7-5-8-15(13-14)21(22,23)24/h3-5,7-9,11,13,17,19H,2,6,10,12H2,1H3,(H,26,27). The SMILES string of the molecule is CCOc1ccccc1C(c1cccc(C(F)(F)F)c1)N1CCCC1C(=O)O. The molecular formula is C21H22F3NO3. The molecule has 1 heterocycles. The van der Waals surface area contributed by atoms with Gasteiger partial charge in [0.25, 0.3) is 0 Å². The Kier molecular flexibility index (Phi) is 5.93. The fourth-order valence-corrected chi connectivity index (χ4v) is 3.79. The first-order valence-corrected chi connectivity index (χ1v) is 9.20. The predicted octanol–water partition coefficient (Wildman–Crippen LogP) is 4.74. The van der Waals surface area contributed by atoms with E-state index in [4.69, 9.17) is 4.74 Å². The number of likely N-dealkylation sites (tertiary alicyclic amines) is 1. The van der Waals surface area contributed by atoms with Gasteiger partial charge in [-0.25, -0.2) is 0 Å². The van der Waals surface area contributed by atoms with Gasteiger partial charge in [0.15, 0.2) is 0 Å². The van der Waals surface area contributed by atoms with Crippen LogP contribution in [-0.4, -0.2) is 35.2 Å². The number of nitrogens with zero attached hydrogens (tertiary/aromatic N) is 1. The Morgan fingerprint density at radius 1 is 1.25 bits per heavy atom. The van der Waals surface area contributed by atoms with Crippen molar-refractivity contribution in [2.75, 3.05) is 13.2 Å². The fraction of sp³-hybridized carbons (Fsp3) is 0.381. The predicted molar refractivity (Wildman–Crippen MR) is 98.3 cm³/mol. The Balaban J connectivity index is 2.15. The van der Waals surface area contributed by atoms with Crippen molar-refractivity contribution in [3.8, 4) is 5.75 Å². The molecule has 0 bridgehead atoms. The third-order valence-corrected chi connectivity index (χ3v) is 4.95. The van der Waals surface area contributed by atoms with Gasteiger partial charge in [0, 0.05) is 12.1 Å². The normalized spacial score (nSPS) is 18.8. The van der Waals surface area contributed by atoms with E-state index in [0.29, 0.717) is 42.9 Å². The monoisotopic (exact) mass is 393 g/mol. The van der Waals surface area contributed by atoms with Crippen molar-refractivity contribution in [2.24, 2.45) is 0 Å². The molecule has 1 fully saturated rings. The lowest BCUT2D eigenvalue weighted by atomic mass is 9.94. The Morgan fingerprint density at radius 2 is 2.00 bits per heavy atom. The number of rotatable bonds is 6. The maximum absolute atomic E-state index is 13.3. The Bertz CT molecular complexity index is 838. The highest BCUT2D eigenvalue weighted by Gasteiger charge is 2.39. The number of alkyl halides is 3. The van der Waals surface area contributed by atoms with Gasteiger partial charge in [0.1, 0.15) is 11.8 Å². The molecule has 2 aromatic carbocycles. The molecular weight excluding hydrogens is 371 g/mol. The minimum atomic E-state index is -4.47. The van der Waals surface area contributed by atoms with Crippen molar-refractivity contribution in [1.82, 2.24) is 4.90 Å². The van der Waals surface area contributed by atoms with Gasteiger partial charge in [-0.3, -0.25) is 9.69 Å². The summed E-state index contributed by atoms with van der Waals surface area (Å²) in [5, 5.41) is 9.63. The molecule has 1 N–H and O–H groups in total. The second-order valence-electron chi connectivity index (χ2n) is 6.73. The first-order valence-electron chi connectivity index (χ1n) is 9.20. The number of para-hydroxylation sites is 1. The molecule has 150 valence electrons. The summed E-state index contributed by atoms with van der Waals surface area (Å²) in [6.07, 6.45) is -3.35. The minimum absolute atomic E-state index is 0.398.